The van der Waals surface area contributed by atoms with Crippen LogP contribution in [0.1, 0.15) is 25.3 Å². The van der Waals surface area contributed by atoms with Gasteiger partial charge in [0.1, 0.15) is 23.8 Å². The number of hydrogen-bond donors (Lipinski definition) is 0. The molecule has 3 heterocycles. The van der Waals surface area contributed by atoms with Crippen LogP contribution in [-0.4, -0.2) is 57.5 Å². The summed E-state index contributed by atoms with van der Waals surface area (Å²) in [4.78, 5) is 20.7. The third-order valence-corrected chi connectivity index (χ3v) is 7.53. The Labute approximate surface area is 212 Å². The molecule has 1 aliphatic carbocycles. The smallest absolute Gasteiger partial charge is 0.307 e. The summed E-state index contributed by atoms with van der Waals surface area (Å²) in [6.45, 7) is -0.304. The quantitative estimate of drug-likeness (QED) is 0.400. The van der Waals surface area contributed by atoms with Crippen LogP contribution in [0, 0.1) is 5.92 Å². The Bertz CT molecular complexity index is 1480. The van der Waals surface area contributed by atoms with E-state index >= 15 is 0 Å². The number of aromatic nitrogens is 5. The lowest BCUT2D eigenvalue weighted by molar-refractivity contribution is -0.137. The largest absolute Gasteiger partial charge is 0.416 e. The Hall–Kier alpha value is -3.56. The van der Waals surface area contributed by atoms with Crippen LogP contribution >= 0.6 is 0 Å². The summed E-state index contributed by atoms with van der Waals surface area (Å²) in [5.41, 5.74) is -1.66. The van der Waals surface area contributed by atoms with E-state index in [1.807, 2.05) is 0 Å². The number of anilines is 1. The predicted octanol–water partition coefficient (Wildman–Crippen LogP) is 4.06. The summed E-state index contributed by atoms with van der Waals surface area (Å²) in [5, 5.41) is 7.70. The SMILES string of the molecule is CCS(=O)(=O)c1ccc(N(CC(F)(F)F)C(=O)C2CC2)nc1-c1nnc(-c2cc(C(F)(F)F)ccn2)n1C. The summed E-state index contributed by atoms with van der Waals surface area (Å²) in [6, 6.07) is 3.51. The monoisotopic (exact) mass is 562 g/mol. The van der Waals surface area contributed by atoms with Crippen LogP contribution in [0.15, 0.2) is 35.4 Å². The van der Waals surface area contributed by atoms with E-state index in [4.69, 9.17) is 0 Å². The Morgan fingerprint density at radius 1 is 1.08 bits per heavy atom. The summed E-state index contributed by atoms with van der Waals surface area (Å²) >= 11 is 0. The van der Waals surface area contributed by atoms with Gasteiger partial charge in [-0.3, -0.25) is 14.7 Å². The van der Waals surface area contributed by atoms with Crippen LogP contribution in [0.5, 0.6) is 0 Å². The fourth-order valence-electron chi connectivity index (χ4n) is 3.64. The molecule has 1 aliphatic rings. The second-order valence-electron chi connectivity index (χ2n) is 8.57. The highest BCUT2D eigenvalue weighted by Crippen LogP contribution is 2.36. The van der Waals surface area contributed by atoms with Crippen LogP contribution in [0.4, 0.5) is 32.2 Å². The first-order valence-corrected chi connectivity index (χ1v) is 12.8. The van der Waals surface area contributed by atoms with E-state index in [9.17, 15) is 39.6 Å². The summed E-state index contributed by atoms with van der Waals surface area (Å²) in [5.74, 6) is -2.70. The van der Waals surface area contributed by atoms with E-state index in [1.165, 1.54) is 14.0 Å². The topological polar surface area (TPSA) is 111 Å². The zero-order valence-electron chi connectivity index (χ0n) is 19.9. The van der Waals surface area contributed by atoms with Gasteiger partial charge in [0.15, 0.2) is 21.5 Å². The van der Waals surface area contributed by atoms with Crippen molar-refractivity contribution in [2.75, 3.05) is 17.2 Å². The normalized spacial score (nSPS) is 14.5. The molecule has 16 heteroatoms. The first-order chi connectivity index (χ1) is 17.6. The molecule has 9 nitrogen and oxygen atoms in total. The van der Waals surface area contributed by atoms with Gasteiger partial charge >= 0.3 is 12.4 Å². The molecule has 1 amide bonds. The fourth-order valence-corrected chi connectivity index (χ4v) is 4.66. The Morgan fingerprint density at radius 3 is 2.32 bits per heavy atom. The van der Waals surface area contributed by atoms with Crippen molar-refractivity contribution in [2.45, 2.75) is 37.0 Å². The third kappa shape index (κ3) is 5.63. The number of amides is 1. The first kappa shape index (κ1) is 27.5. The lowest BCUT2D eigenvalue weighted by Gasteiger charge is -2.24. The molecule has 1 fully saturated rings. The molecule has 0 aromatic carbocycles. The van der Waals surface area contributed by atoms with Crippen molar-refractivity contribution in [3.05, 3.63) is 36.0 Å². The van der Waals surface area contributed by atoms with Crippen molar-refractivity contribution < 1.29 is 39.6 Å². The van der Waals surface area contributed by atoms with E-state index in [-0.39, 0.29) is 17.3 Å². The molecule has 0 bridgehead atoms. The summed E-state index contributed by atoms with van der Waals surface area (Å²) < 4.78 is 106. The number of carbonyl (C=O) groups is 1. The minimum Gasteiger partial charge on any atom is -0.307 e. The number of alkyl halides is 6. The minimum absolute atomic E-state index is 0.181. The van der Waals surface area contributed by atoms with Crippen LogP contribution < -0.4 is 4.90 Å². The lowest BCUT2D eigenvalue weighted by Crippen LogP contribution is -2.40. The molecule has 38 heavy (non-hydrogen) atoms. The molecular formula is C22H20F6N6O3S. The highest BCUT2D eigenvalue weighted by Gasteiger charge is 2.41. The van der Waals surface area contributed by atoms with Gasteiger partial charge in [0.05, 0.1) is 16.2 Å². The molecular weight excluding hydrogens is 542 g/mol. The van der Waals surface area contributed by atoms with Crippen LogP contribution in [0.25, 0.3) is 23.0 Å². The van der Waals surface area contributed by atoms with Gasteiger partial charge in [-0.2, -0.15) is 26.3 Å². The van der Waals surface area contributed by atoms with Crippen molar-refractivity contribution in [1.29, 1.82) is 0 Å². The van der Waals surface area contributed by atoms with E-state index in [0.29, 0.717) is 17.7 Å². The maximum absolute atomic E-state index is 13.3. The van der Waals surface area contributed by atoms with Crippen molar-refractivity contribution >= 4 is 21.6 Å². The molecule has 0 aliphatic heterocycles. The van der Waals surface area contributed by atoms with Gasteiger partial charge in [-0.05, 0) is 37.1 Å². The zero-order valence-corrected chi connectivity index (χ0v) is 20.7. The van der Waals surface area contributed by atoms with Crippen molar-refractivity contribution in [2.24, 2.45) is 13.0 Å². The molecule has 0 spiro atoms. The fraction of sp³-hybridized carbons (Fsp3) is 0.409. The number of sulfone groups is 1. The minimum atomic E-state index is -4.77. The van der Waals surface area contributed by atoms with E-state index in [0.717, 1.165) is 35.0 Å². The van der Waals surface area contributed by atoms with Gasteiger partial charge in [-0.15, -0.1) is 10.2 Å². The second-order valence-corrected chi connectivity index (χ2v) is 10.8. The van der Waals surface area contributed by atoms with Crippen LogP contribution in [0.3, 0.4) is 0 Å². The molecule has 3 aromatic rings. The molecule has 4 rings (SSSR count). The van der Waals surface area contributed by atoms with Crippen molar-refractivity contribution in [3.63, 3.8) is 0 Å². The maximum atomic E-state index is 13.3. The second kappa shape index (κ2) is 9.63. The first-order valence-electron chi connectivity index (χ1n) is 11.2. The average Bonchev–Trinajstić information content (AvgIpc) is 3.62. The van der Waals surface area contributed by atoms with Gasteiger partial charge in [0, 0.05) is 19.2 Å². The van der Waals surface area contributed by atoms with E-state index in [1.54, 1.807) is 0 Å². The van der Waals surface area contributed by atoms with Crippen LogP contribution in [0.2, 0.25) is 0 Å². The van der Waals surface area contributed by atoms with E-state index in [2.05, 4.69) is 20.2 Å². The number of halogens is 6. The standard InChI is InChI=1S/C22H20F6N6O3S/c1-3-38(36,37)15-6-7-16(34(11-21(23,24)25)20(35)12-4-5-12)30-17(15)19-32-31-18(33(19)2)14-10-13(8-9-29-14)22(26,27)28/h6-10,12H,3-5,11H2,1-2H3. The summed E-state index contributed by atoms with van der Waals surface area (Å²) in [6.07, 6.45) is -7.70. The maximum Gasteiger partial charge on any atom is 0.416 e. The van der Waals surface area contributed by atoms with Crippen molar-refractivity contribution in [3.8, 4) is 23.0 Å². The Kier molecular flexibility index (Phi) is 6.96. The lowest BCUT2D eigenvalue weighted by atomic mass is 10.2. The number of nitrogens with zero attached hydrogens (tertiary/aromatic N) is 6. The zero-order chi connectivity index (χ0) is 28.0. The van der Waals surface area contributed by atoms with Crippen LogP contribution in [-0.2, 0) is 27.9 Å². The number of carbonyl (C=O) groups excluding carboxylic acids is 1. The number of rotatable bonds is 7. The highest BCUT2D eigenvalue weighted by molar-refractivity contribution is 7.91. The molecule has 0 radical (unpaired) electrons. The van der Waals surface area contributed by atoms with Gasteiger partial charge in [-0.25, -0.2) is 13.4 Å². The molecule has 0 atom stereocenters. The van der Waals surface area contributed by atoms with Gasteiger partial charge in [0.25, 0.3) is 0 Å². The molecule has 204 valence electrons. The van der Waals surface area contributed by atoms with Gasteiger partial charge < -0.3 is 4.57 Å². The van der Waals surface area contributed by atoms with Gasteiger partial charge in [-0.1, -0.05) is 6.92 Å². The van der Waals surface area contributed by atoms with Crippen molar-refractivity contribution in [1.82, 2.24) is 24.7 Å². The molecule has 0 unspecified atom stereocenters. The number of pyridine rings is 2. The molecule has 0 N–H and O–H groups in total. The highest BCUT2D eigenvalue weighted by atomic mass is 32.2. The Morgan fingerprint density at radius 2 is 1.74 bits per heavy atom. The predicted molar refractivity (Wildman–Crippen MR) is 121 cm³/mol. The summed E-state index contributed by atoms with van der Waals surface area (Å²) in [7, 11) is -2.70. The molecule has 3 aromatic heterocycles. The molecule has 0 saturated heterocycles. The number of hydrogen-bond acceptors (Lipinski definition) is 7. The van der Waals surface area contributed by atoms with E-state index < -0.39 is 68.3 Å². The Balaban J connectivity index is 1.87. The average molecular weight is 562 g/mol. The third-order valence-electron chi connectivity index (χ3n) is 5.77. The molecule has 1 saturated carbocycles. The van der Waals surface area contributed by atoms with Gasteiger partial charge in [0.2, 0.25) is 5.91 Å².